The number of halogens is 1. The van der Waals surface area contributed by atoms with E-state index in [-0.39, 0.29) is 5.91 Å². The lowest BCUT2D eigenvalue weighted by molar-refractivity contribution is 0.0935. The van der Waals surface area contributed by atoms with Crippen LogP contribution in [0.4, 0.5) is 0 Å². The number of carbonyl (C=O) groups is 1. The lowest BCUT2D eigenvalue weighted by Gasteiger charge is -2.10. The van der Waals surface area contributed by atoms with Gasteiger partial charge in [-0.1, -0.05) is 11.6 Å². The Morgan fingerprint density at radius 2 is 1.93 bits per heavy atom. The fraction of sp³-hybridized carbons (Fsp3) is 0.300. The summed E-state index contributed by atoms with van der Waals surface area (Å²) in [6.07, 6.45) is 0. The molecular weight excluding hydrogens is 200 g/mol. The third-order valence-corrected chi connectivity index (χ3v) is 1.91. The van der Waals surface area contributed by atoms with Crippen LogP contribution in [0.3, 0.4) is 0 Å². The van der Waals surface area contributed by atoms with Gasteiger partial charge in [0.05, 0.1) is 6.67 Å². The first kappa shape index (κ1) is 11.0. The van der Waals surface area contributed by atoms with Gasteiger partial charge in [-0.05, 0) is 38.4 Å². The van der Waals surface area contributed by atoms with Crippen molar-refractivity contribution >= 4 is 17.5 Å². The standard InChI is InChI=1S/C10H13ClN2O/c1-13(2)7-12-10(14)8-3-5-9(11)6-4-8/h3-6H,7H2,1-2H3,(H,12,14). The van der Waals surface area contributed by atoms with Crippen LogP contribution in [0.2, 0.25) is 5.02 Å². The highest BCUT2D eigenvalue weighted by molar-refractivity contribution is 6.30. The lowest BCUT2D eigenvalue weighted by atomic mass is 10.2. The second-order valence-electron chi connectivity index (χ2n) is 3.25. The van der Waals surface area contributed by atoms with Crippen LogP contribution in [-0.4, -0.2) is 31.6 Å². The van der Waals surface area contributed by atoms with Crippen molar-refractivity contribution in [3.05, 3.63) is 34.9 Å². The summed E-state index contributed by atoms with van der Waals surface area (Å²) in [5.74, 6) is -0.0876. The van der Waals surface area contributed by atoms with Gasteiger partial charge in [-0.15, -0.1) is 0 Å². The molecule has 0 aliphatic heterocycles. The predicted molar refractivity (Wildman–Crippen MR) is 57.5 cm³/mol. The van der Waals surface area contributed by atoms with Crippen molar-refractivity contribution in [2.24, 2.45) is 0 Å². The first-order valence-corrected chi connectivity index (χ1v) is 4.66. The molecule has 1 rings (SSSR count). The molecule has 0 heterocycles. The Labute approximate surface area is 88.7 Å². The fourth-order valence-corrected chi connectivity index (χ4v) is 1.06. The van der Waals surface area contributed by atoms with Crippen LogP contribution in [-0.2, 0) is 0 Å². The molecule has 14 heavy (non-hydrogen) atoms. The van der Waals surface area contributed by atoms with Gasteiger partial charge in [0, 0.05) is 10.6 Å². The SMILES string of the molecule is CN(C)CNC(=O)c1ccc(Cl)cc1. The Kier molecular flexibility index (Phi) is 3.92. The zero-order chi connectivity index (χ0) is 10.6. The molecule has 0 fully saturated rings. The first-order chi connectivity index (χ1) is 6.59. The third kappa shape index (κ3) is 3.36. The van der Waals surface area contributed by atoms with Crippen LogP contribution in [0.1, 0.15) is 10.4 Å². The summed E-state index contributed by atoms with van der Waals surface area (Å²) in [5.41, 5.74) is 0.622. The van der Waals surface area contributed by atoms with Gasteiger partial charge in [-0.3, -0.25) is 9.69 Å². The monoisotopic (exact) mass is 212 g/mol. The average Bonchev–Trinajstić information content (AvgIpc) is 2.15. The van der Waals surface area contributed by atoms with Crippen LogP contribution in [0.25, 0.3) is 0 Å². The second kappa shape index (κ2) is 4.98. The number of nitrogens with zero attached hydrogens (tertiary/aromatic N) is 1. The van der Waals surface area contributed by atoms with E-state index < -0.39 is 0 Å². The van der Waals surface area contributed by atoms with E-state index in [2.05, 4.69) is 5.32 Å². The molecule has 0 spiro atoms. The molecule has 1 N–H and O–H groups in total. The molecule has 1 aromatic carbocycles. The summed E-state index contributed by atoms with van der Waals surface area (Å²) >= 11 is 5.70. The average molecular weight is 213 g/mol. The van der Waals surface area contributed by atoms with Crippen molar-refractivity contribution < 1.29 is 4.79 Å². The van der Waals surface area contributed by atoms with E-state index in [4.69, 9.17) is 11.6 Å². The van der Waals surface area contributed by atoms with E-state index in [1.165, 1.54) is 0 Å². The summed E-state index contributed by atoms with van der Waals surface area (Å²) in [6.45, 7) is 0.529. The van der Waals surface area contributed by atoms with Gasteiger partial charge in [0.1, 0.15) is 0 Å². The number of rotatable bonds is 3. The van der Waals surface area contributed by atoms with E-state index >= 15 is 0 Å². The number of carbonyl (C=O) groups excluding carboxylic acids is 1. The van der Waals surface area contributed by atoms with E-state index in [9.17, 15) is 4.79 Å². The van der Waals surface area contributed by atoms with Crippen LogP contribution in [0.5, 0.6) is 0 Å². The summed E-state index contributed by atoms with van der Waals surface area (Å²) in [4.78, 5) is 13.4. The topological polar surface area (TPSA) is 32.3 Å². The molecule has 3 nitrogen and oxygen atoms in total. The minimum atomic E-state index is -0.0876. The van der Waals surface area contributed by atoms with Gasteiger partial charge in [-0.25, -0.2) is 0 Å². The van der Waals surface area contributed by atoms with Crippen molar-refractivity contribution in [3.8, 4) is 0 Å². The van der Waals surface area contributed by atoms with Crippen LogP contribution in [0, 0.1) is 0 Å². The number of nitrogens with one attached hydrogen (secondary N) is 1. The van der Waals surface area contributed by atoms with Gasteiger partial charge in [0.15, 0.2) is 0 Å². The second-order valence-corrected chi connectivity index (χ2v) is 3.69. The third-order valence-electron chi connectivity index (χ3n) is 1.66. The molecule has 1 aromatic rings. The van der Waals surface area contributed by atoms with Gasteiger partial charge >= 0.3 is 0 Å². The summed E-state index contributed by atoms with van der Waals surface area (Å²) in [7, 11) is 3.78. The molecule has 76 valence electrons. The van der Waals surface area contributed by atoms with E-state index in [1.54, 1.807) is 24.3 Å². The molecule has 1 amide bonds. The Bertz CT molecular complexity index is 308. The molecule has 0 atom stereocenters. The van der Waals surface area contributed by atoms with Crippen molar-refractivity contribution in [1.29, 1.82) is 0 Å². The normalized spacial score (nSPS) is 10.3. The molecule has 0 aromatic heterocycles. The summed E-state index contributed by atoms with van der Waals surface area (Å²) < 4.78 is 0. The molecule has 0 radical (unpaired) electrons. The Hall–Kier alpha value is -1.06. The molecule has 0 saturated heterocycles. The Morgan fingerprint density at radius 3 is 2.43 bits per heavy atom. The molecule has 0 unspecified atom stereocenters. The van der Waals surface area contributed by atoms with Crippen LogP contribution >= 0.6 is 11.6 Å². The van der Waals surface area contributed by atoms with E-state index in [0.29, 0.717) is 17.3 Å². The highest BCUT2D eigenvalue weighted by atomic mass is 35.5. The van der Waals surface area contributed by atoms with Gasteiger partial charge in [-0.2, -0.15) is 0 Å². The van der Waals surface area contributed by atoms with Crippen molar-refractivity contribution in [2.45, 2.75) is 0 Å². The Balaban J connectivity index is 2.57. The molecule has 0 aliphatic rings. The van der Waals surface area contributed by atoms with Gasteiger partial charge < -0.3 is 5.32 Å². The maximum Gasteiger partial charge on any atom is 0.252 e. The van der Waals surface area contributed by atoms with E-state index in [0.717, 1.165) is 0 Å². The number of hydrogen-bond donors (Lipinski definition) is 1. The Morgan fingerprint density at radius 1 is 1.36 bits per heavy atom. The molecule has 0 aliphatic carbocycles. The highest BCUT2D eigenvalue weighted by Gasteiger charge is 2.03. The summed E-state index contributed by atoms with van der Waals surface area (Å²) in [5, 5.41) is 3.40. The smallest absolute Gasteiger partial charge is 0.252 e. The van der Waals surface area contributed by atoms with Gasteiger partial charge in [0.2, 0.25) is 0 Å². The highest BCUT2D eigenvalue weighted by Crippen LogP contribution is 2.09. The van der Waals surface area contributed by atoms with Crippen LogP contribution in [0.15, 0.2) is 24.3 Å². The van der Waals surface area contributed by atoms with Gasteiger partial charge in [0.25, 0.3) is 5.91 Å². The number of amides is 1. The minimum absolute atomic E-state index is 0.0876. The first-order valence-electron chi connectivity index (χ1n) is 4.28. The molecule has 0 saturated carbocycles. The largest absolute Gasteiger partial charge is 0.339 e. The molecule has 4 heteroatoms. The maximum atomic E-state index is 11.5. The lowest BCUT2D eigenvalue weighted by Crippen LogP contribution is -2.32. The molecule has 0 bridgehead atoms. The predicted octanol–water partition coefficient (Wildman–Crippen LogP) is 1.59. The zero-order valence-corrected chi connectivity index (χ0v) is 9.01. The summed E-state index contributed by atoms with van der Waals surface area (Å²) in [6, 6.07) is 6.80. The maximum absolute atomic E-state index is 11.5. The number of benzene rings is 1. The number of hydrogen-bond acceptors (Lipinski definition) is 2. The van der Waals surface area contributed by atoms with Crippen LogP contribution < -0.4 is 5.32 Å². The fourth-order valence-electron chi connectivity index (χ4n) is 0.933. The molecular formula is C10H13ClN2O. The zero-order valence-electron chi connectivity index (χ0n) is 8.25. The minimum Gasteiger partial charge on any atom is -0.339 e. The van der Waals surface area contributed by atoms with Crippen molar-refractivity contribution in [1.82, 2.24) is 10.2 Å². The van der Waals surface area contributed by atoms with Crippen molar-refractivity contribution in [3.63, 3.8) is 0 Å². The van der Waals surface area contributed by atoms with Crippen molar-refractivity contribution in [2.75, 3.05) is 20.8 Å². The van der Waals surface area contributed by atoms with E-state index in [1.807, 2.05) is 19.0 Å². The quantitative estimate of drug-likeness (QED) is 0.772.